The highest BCUT2D eigenvalue weighted by molar-refractivity contribution is 5.39. The number of hydrogen-bond donors (Lipinski definition) is 1. The molecule has 1 aromatic rings. The van der Waals surface area contributed by atoms with Gasteiger partial charge in [-0.25, -0.2) is 0 Å². The van der Waals surface area contributed by atoms with E-state index in [9.17, 15) is 9.90 Å². The molecular weight excluding hydrogens is 228 g/mol. The van der Waals surface area contributed by atoms with Gasteiger partial charge in [-0.1, -0.05) is 37.5 Å². The van der Waals surface area contributed by atoms with Crippen LogP contribution in [0, 0.1) is 6.92 Å². The molecule has 0 unspecified atom stereocenters. The Balaban J connectivity index is 2.11. The average Bonchev–Trinajstić information content (AvgIpc) is 2.37. The lowest BCUT2D eigenvalue weighted by Gasteiger charge is -2.06. The fourth-order valence-corrected chi connectivity index (χ4v) is 2.00. The fourth-order valence-electron chi connectivity index (χ4n) is 2.00. The fraction of sp³-hybridized carbons (Fsp3) is 0.533. The topological polar surface area (TPSA) is 46.5 Å². The number of carbonyl (C=O) groups excluding carboxylic acids is 1. The molecule has 0 heterocycles. The predicted octanol–water partition coefficient (Wildman–Crippen LogP) is 3.37. The first-order chi connectivity index (χ1) is 8.75. The molecule has 1 aromatic carbocycles. The predicted molar refractivity (Wildman–Crippen MR) is 71.6 cm³/mol. The van der Waals surface area contributed by atoms with Crippen LogP contribution in [0.3, 0.4) is 0 Å². The van der Waals surface area contributed by atoms with Crippen LogP contribution >= 0.6 is 0 Å². The van der Waals surface area contributed by atoms with E-state index in [0.717, 1.165) is 49.7 Å². The largest absolute Gasteiger partial charge is 0.507 e. The van der Waals surface area contributed by atoms with E-state index in [1.54, 1.807) is 0 Å². The van der Waals surface area contributed by atoms with Crippen molar-refractivity contribution in [2.75, 3.05) is 6.61 Å². The Bertz CT molecular complexity index is 361. The maximum Gasteiger partial charge on any atom is 0.293 e. The number of carbonyl (C=O) groups is 1. The zero-order valence-corrected chi connectivity index (χ0v) is 11.0. The lowest BCUT2D eigenvalue weighted by atomic mass is 10.0. The van der Waals surface area contributed by atoms with Crippen molar-refractivity contribution >= 4 is 6.47 Å². The average molecular weight is 250 g/mol. The summed E-state index contributed by atoms with van der Waals surface area (Å²) in [5.41, 5.74) is 1.98. The number of benzene rings is 1. The summed E-state index contributed by atoms with van der Waals surface area (Å²) < 4.78 is 4.62. The van der Waals surface area contributed by atoms with E-state index in [1.807, 2.05) is 25.1 Å². The molecule has 0 spiro atoms. The van der Waals surface area contributed by atoms with Crippen molar-refractivity contribution in [1.29, 1.82) is 0 Å². The molecule has 0 saturated heterocycles. The molecule has 0 aliphatic carbocycles. The van der Waals surface area contributed by atoms with E-state index in [4.69, 9.17) is 0 Å². The van der Waals surface area contributed by atoms with Gasteiger partial charge in [-0.3, -0.25) is 4.79 Å². The monoisotopic (exact) mass is 250 g/mol. The molecule has 0 aromatic heterocycles. The normalized spacial score (nSPS) is 10.3. The molecule has 3 nitrogen and oxygen atoms in total. The summed E-state index contributed by atoms with van der Waals surface area (Å²) in [4.78, 5) is 9.91. The Morgan fingerprint density at radius 3 is 2.67 bits per heavy atom. The molecule has 0 amide bonds. The van der Waals surface area contributed by atoms with Crippen molar-refractivity contribution < 1.29 is 14.6 Å². The quantitative estimate of drug-likeness (QED) is 0.540. The number of hydrogen-bond acceptors (Lipinski definition) is 3. The molecule has 0 fully saturated rings. The summed E-state index contributed by atoms with van der Waals surface area (Å²) in [6.07, 6.45) is 6.34. The van der Waals surface area contributed by atoms with Crippen LogP contribution in [0.15, 0.2) is 18.2 Å². The molecule has 1 rings (SSSR count). The summed E-state index contributed by atoms with van der Waals surface area (Å²) in [6.45, 7) is 2.95. The highest BCUT2D eigenvalue weighted by atomic mass is 16.5. The molecule has 0 radical (unpaired) electrons. The maximum atomic E-state index is 9.91. The first kappa shape index (κ1) is 14.6. The lowest BCUT2D eigenvalue weighted by Crippen LogP contribution is -1.92. The van der Waals surface area contributed by atoms with Crippen LogP contribution in [0.4, 0.5) is 0 Å². The number of phenols is 1. The second-order valence-corrected chi connectivity index (χ2v) is 4.57. The molecule has 3 heteroatoms. The van der Waals surface area contributed by atoms with Gasteiger partial charge in [-0.15, -0.1) is 0 Å². The van der Waals surface area contributed by atoms with Crippen LogP contribution in [0.5, 0.6) is 5.75 Å². The highest BCUT2D eigenvalue weighted by Gasteiger charge is 2.02. The van der Waals surface area contributed by atoms with E-state index < -0.39 is 0 Å². The van der Waals surface area contributed by atoms with Gasteiger partial charge in [0.15, 0.2) is 0 Å². The SMILES string of the molecule is Cc1cccc(CCCCCCCOC=O)c1O. The summed E-state index contributed by atoms with van der Waals surface area (Å²) in [5, 5.41) is 9.85. The molecule has 0 aliphatic rings. The molecular formula is C15H22O3. The van der Waals surface area contributed by atoms with Gasteiger partial charge in [0, 0.05) is 0 Å². The van der Waals surface area contributed by atoms with Crippen molar-refractivity contribution in [2.24, 2.45) is 0 Å². The van der Waals surface area contributed by atoms with Crippen LogP contribution in [0.2, 0.25) is 0 Å². The zero-order valence-electron chi connectivity index (χ0n) is 11.0. The van der Waals surface area contributed by atoms with Gasteiger partial charge in [0.2, 0.25) is 0 Å². The summed E-state index contributed by atoms with van der Waals surface area (Å²) >= 11 is 0. The summed E-state index contributed by atoms with van der Waals surface area (Å²) in [7, 11) is 0. The molecule has 100 valence electrons. The van der Waals surface area contributed by atoms with E-state index in [1.165, 1.54) is 0 Å². The number of phenolic OH excluding ortho intramolecular Hbond substituents is 1. The van der Waals surface area contributed by atoms with Gasteiger partial charge in [0.05, 0.1) is 6.61 Å². The second-order valence-electron chi connectivity index (χ2n) is 4.57. The Labute approximate surface area is 109 Å². The van der Waals surface area contributed by atoms with Gasteiger partial charge in [0.25, 0.3) is 6.47 Å². The van der Waals surface area contributed by atoms with E-state index >= 15 is 0 Å². The first-order valence-corrected chi connectivity index (χ1v) is 6.58. The van der Waals surface area contributed by atoms with Crippen molar-refractivity contribution in [1.82, 2.24) is 0 Å². The van der Waals surface area contributed by atoms with Crippen LogP contribution in [-0.4, -0.2) is 18.2 Å². The van der Waals surface area contributed by atoms with Crippen LogP contribution in [0.25, 0.3) is 0 Å². The molecule has 0 saturated carbocycles. The molecule has 0 bridgehead atoms. The highest BCUT2D eigenvalue weighted by Crippen LogP contribution is 2.23. The van der Waals surface area contributed by atoms with Gasteiger partial charge in [-0.05, 0) is 37.3 Å². The third kappa shape index (κ3) is 5.21. The zero-order chi connectivity index (χ0) is 13.2. The second kappa shape index (κ2) is 8.56. The lowest BCUT2D eigenvalue weighted by molar-refractivity contribution is -0.128. The van der Waals surface area contributed by atoms with Crippen LogP contribution < -0.4 is 0 Å². The minimum absolute atomic E-state index is 0.442. The minimum Gasteiger partial charge on any atom is -0.507 e. The van der Waals surface area contributed by atoms with Crippen LogP contribution in [0.1, 0.15) is 43.2 Å². The van der Waals surface area contributed by atoms with E-state index in [2.05, 4.69) is 4.74 Å². The standard InChI is InChI=1S/C15H22O3/c1-13-8-7-10-14(15(13)17)9-5-3-2-4-6-11-18-12-16/h7-8,10,12,17H,2-6,9,11H2,1H3. The van der Waals surface area contributed by atoms with Crippen molar-refractivity contribution in [3.63, 3.8) is 0 Å². The number of rotatable bonds is 9. The van der Waals surface area contributed by atoms with Gasteiger partial charge >= 0.3 is 0 Å². The number of aromatic hydroxyl groups is 1. The summed E-state index contributed by atoms with van der Waals surface area (Å²) in [6, 6.07) is 5.90. The van der Waals surface area contributed by atoms with Crippen molar-refractivity contribution in [3.8, 4) is 5.75 Å². The molecule has 18 heavy (non-hydrogen) atoms. The minimum atomic E-state index is 0.442. The number of para-hydroxylation sites is 1. The first-order valence-electron chi connectivity index (χ1n) is 6.58. The molecule has 1 N–H and O–H groups in total. The Morgan fingerprint density at radius 1 is 1.17 bits per heavy atom. The Hall–Kier alpha value is -1.51. The Kier molecular flexibility index (Phi) is 6.92. The van der Waals surface area contributed by atoms with E-state index in [0.29, 0.717) is 18.8 Å². The Morgan fingerprint density at radius 2 is 1.89 bits per heavy atom. The van der Waals surface area contributed by atoms with Crippen molar-refractivity contribution in [2.45, 2.75) is 45.4 Å². The molecule has 0 aliphatic heterocycles. The number of ether oxygens (including phenoxy) is 1. The maximum absolute atomic E-state index is 9.91. The van der Waals surface area contributed by atoms with Crippen LogP contribution in [-0.2, 0) is 16.0 Å². The third-order valence-corrected chi connectivity index (χ3v) is 3.10. The van der Waals surface area contributed by atoms with Crippen molar-refractivity contribution in [3.05, 3.63) is 29.3 Å². The smallest absolute Gasteiger partial charge is 0.293 e. The van der Waals surface area contributed by atoms with Gasteiger partial charge in [-0.2, -0.15) is 0 Å². The van der Waals surface area contributed by atoms with Gasteiger partial charge in [0.1, 0.15) is 5.75 Å². The number of aryl methyl sites for hydroxylation is 2. The molecule has 0 atom stereocenters. The number of unbranched alkanes of at least 4 members (excludes halogenated alkanes) is 4. The third-order valence-electron chi connectivity index (χ3n) is 3.10. The van der Waals surface area contributed by atoms with Gasteiger partial charge < -0.3 is 9.84 Å². The summed E-state index contributed by atoms with van der Waals surface area (Å²) in [5.74, 6) is 0.442. The van der Waals surface area contributed by atoms with E-state index in [-0.39, 0.29) is 0 Å².